The minimum atomic E-state index is -0.811. The Morgan fingerprint density at radius 3 is 2.50 bits per heavy atom. The molecule has 1 saturated heterocycles. The fraction of sp³-hybridized carbons (Fsp3) is 0.571. The Labute approximate surface area is 108 Å². The Bertz CT molecular complexity index is 347. The van der Waals surface area contributed by atoms with Crippen LogP contribution in [-0.2, 0) is 0 Å². The maximum atomic E-state index is 9.20. The summed E-state index contributed by atoms with van der Waals surface area (Å²) in [7, 11) is 0. The molecule has 1 aromatic carbocycles. The van der Waals surface area contributed by atoms with E-state index >= 15 is 0 Å². The van der Waals surface area contributed by atoms with Crippen molar-refractivity contribution in [3.05, 3.63) is 29.8 Å². The molecule has 0 bridgehead atoms. The van der Waals surface area contributed by atoms with E-state index in [1.54, 1.807) is 0 Å². The van der Waals surface area contributed by atoms with E-state index in [0.29, 0.717) is 5.92 Å². The van der Waals surface area contributed by atoms with E-state index < -0.39 is 6.10 Å². The number of ether oxygens (including phenoxy) is 1. The zero-order valence-corrected chi connectivity index (χ0v) is 10.5. The van der Waals surface area contributed by atoms with Crippen molar-refractivity contribution in [1.29, 1.82) is 0 Å². The van der Waals surface area contributed by atoms with Gasteiger partial charge in [0.25, 0.3) is 0 Å². The molecule has 1 aliphatic rings. The van der Waals surface area contributed by atoms with Crippen LogP contribution in [0, 0.1) is 0 Å². The van der Waals surface area contributed by atoms with Crippen molar-refractivity contribution in [3.8, 4) is 5.75 Å². The topological polar surface area (TPSA) is 61.7 Å². The maximum Gasteiger partial charge on any atom is 0.119 e. The van der Waals surface area contributed by atoms with Gasteiger partial charge in [0.2, 0.25) is 0 Å². The number of hydrogen-bond donors (Lipinski definition) is 3. The summed E-state index contributed by atoms with van der Waals surface area (Å²) in [6.45, 7) is 2.04. The van der Waals surface area contributed by atoms with Crippen molar-refractivity contribution in [3.63, 3.8) is 0 Å². The molecule has 1 aromatic rings. The molecule has 4 nitrogen and oxygen atoms in total. The van der Waals surface area contributed by atoms with Gasteiger partial charge in [-0.1, -0.05) is 12.1 Å². The Morgan fingerprint density at radius 1 is 1.22 bits per heavy atom. The summed E-state index contributed by atoms with van der Waals surface area (Å²) in [5.41, 5.74) is 1.35. The molecule has 0 spiro atoms. The molecule has 1 aliphatic heterocycles. The maximum absolute atomic E-state index is 9.20. The summed E-state index contributed by atoms with van der Waals surface area (Å²) in [6.07, 6.45) is 1.56. The Kier molecular flexibility index (Phi) is 4.99. The molecule has 0 amide bonds. The normalized spacial score (nSPS) is 18.6. The lowest BCUT2D eigenvalue weighted by molar-refractivity contribution is 0.0536. The molecule has 18 heavy (non-hydrogen) atoms. The second-order valence-electron chi connectivity index (χ2n) is 4.74. The molecule has 1 atom stereocenters. The zero-order chi connectivity index (χ0) is 12.8. The fourth-order valence-electron chi connectivity index (χ4n) is 2.24. The van der Waals surface area contributed by atoms with E-state index in [4.69, 9.17) is 9.84 Å². The second kappa shape index (κ2) is 6.73. The Hall–Kier alpha value is -1.10. The van der Waals surface area contributed by atoms with Gasteiger partial charge in [0.05, 0.1) is 6.61 Å². The number of aliphatic hydroxyl groups is 2. The summed E-state index contributed by atoms with van der Waals surface area (Å²) < 4.78 is 5.38. The van der Waals surface area contributed by atoms with Gasteiger partial charge in [-0.3, -0.25) is 0 Å². The molecule has 1 heterocycles. The second-order valence-corrected chi connectivity index (χ2v) is 4.74. The van der Waals surface area contributed by atoms with Gasteiger partial charge in [-0.15, -0.1) is 0 Å². The van der Waals surface area contributed by atoms with Crippen LogP contribution in [0.1, 0.15) is 24.3 Å². The van der Waals surface area contributed by atoms with Crippen LogP contribution in [0.25, 0.3) is 0 Å². The van der Waals surface area contributed by atoms with Crippen molar-refractivity contribution in [2.75, 3.05) is 26.3 Å². The lowest BCUT2D eigenvalue weighted by atomic mass is 9.90. The highest BCUT2D eigenvalue weighted by Crippen LogP contribution is 2.26. The average Bonchev–Trinajstić information content (AvgIpc) is 2.46. The number of hydrogen-bond acceptors (Lipinski definition) is 4. The minimum Gasteiger partial charge on any atom is -0.491 e. The smallest absolute Gasteiger partial charge is 0.119 e. The highest BCUT2D eigenvalue weighted by molar-refractivity contribution is 5.29. The van der Waals surface area contributed by atoms with Crippen LogP contribution < -0.4 is 10.1 Å². The van der Waals surface area contributed by atoms with Crippen molar-refractivity contribution >= 4 is 0 Å². The lowest BCUT2D eigenvalue weighted by Gasteiger charge is -2.23. The monoisotopic (exact) mass is 251 g/mol. The number of benzene rings is 1. The SMILES string of the molecule is OCC(O)COc1ccc(C2CCNCC2)cc1. The number of aliphatic hydroxyl groups excluding tert-OH is 2. The third kappa shape index (κ3) is 3.70. The van der Waals surface area contributed by atoms with Crippen LogP contribution in [0.4, 0.5) is 0 Å². The first-order valence-corrected chi connectivity index (χ1v) is 6.52. The summed E-state index contributed by atoms with van der Waals surface area (Å²) in [5.74, 6) is 1.38. The molecule has 2 rings (SSSR count). The third-order valence-corrected chi connectivity index (χ3v) is 3.34. The van der Waals surface area contributed by atoms with E-state index in [1.165, 1.54) is 18.4 Å². The third-order valence-electron chi connectivity index (χ3n) is 3.34. The van der Waals surface area contributed by atoms with Gasteiger partial charge in [-0.2, -0.15) is 0 Å². The van der Waals surface area contributed by atoms with Crippen molar-refractivity contribution in [2.45, 2.75) is 24.9 Å². The molecule has 100 valence electrons. The Balaban J connectivity index is 1.88. The van der Waals surface area contributed by atoms with Gasteiger partial charge in [0.15, 0.2) is 0 Å². The average molecular weight is 251 g/mol. The van der Waals surface area contributed by atoms with E-state index in [-0.39, 0.29) is 13.2 Å². The largest absolute Gasteiger partial charge is 0.491 e. The summed E-state index contributed by atoms with van der Waals surface area (Å²) in [6, 6.07) is 8.05. The van der Waals surface area contributed by atoms with Gasteiger partial charge in [-0.25, -0.2) is 0 Å². The van der Waals surface area contributed by atoms with Gasteiger partial charge in [0, 0.05) is 0 Å². The van der Waals surface area contributed by atoms with Crippen molar-refractivity contribution in [2.24, 2.45) is 0 Å². The molecule has 0 aromatic heterocycles. The van der Waals surface area contributed by atoms with Crippen LogP contribution in [0.2, 0.25) is 0 Å². The fourth-order valence-corrected chi connectivity index (χ4v) is 2.24. The Morgan fingerprint density at radius 2 is 1.89 bits per heavy atom. The van der Waals surface area contributed by atoms with Crippen LogP contribution in [0.5, 0.6) is 5.75 Å². The predicted octanol–water partition coefficient (Wildman–Crippen LogP) is 0.886. The molecule has 0 radical (unpaired) electrons. The van der Waals surface area contributed by atoms with E-state index in [0.717, 1.165) is 18.8 Å². The number of nitrogens with one attached hydrogen (secondary N) is 1. The number of piperidine rings is 1. The zero-order valence-electron chi connectivity index (χ0n) is 10.5. The lowest BCUT2D eigenvalue weighted by Crippen LogP contribution is -2.26. The van der Waals surface area contributed by atoms with Crippen LogP contribution >= 0.6 is 0 Å². The first kappa shape index (κ1) is 13.3. The molecule has 1 unspecified atom stereocenters. The minimum absolute atomic E-state index is 0.128. The van der Waals surface area contributed by atoms with E-state index in [2.05, 4.69) is 17.4 Å². The van der Waals surface area contributed by atoms with Gasteiger partial charge < -0.3 is 20.3 Å². The molecular formula is C14H21NO3. The van der Waals surface area contributed by atoms with Crippen LogP contribution in [0.3, 0.4) is 0 Å². The molecule has 0 aliphatic carbocycles. The van der Waals surface area contributed by atoms with Crippen LogP contribution in [-0.4, -0.2) is 42.6 Å². The summed E-state index contributed by atoms with van der Waals surface area (Å²) in [4.78, 5) is 0. The molecule has 1 fully saturated rings. The first-order valence-electron chi connectivity index (χ1n) is 6.52. The van der Waals surface area contributed by atoms with Crippen molar-refractivity contribution in [1.82, 2.24) is 5.32 Å². The van der Waals surface area contributed by atoms with E-state index in [9.17, 15) is 5.11 Å². The van der Waals surface area contributed by atoms with Crippen LogP contribution in [0.15, 0.2) is 24.3 Å². The molecular weight excluding hydrogens is 230 g/mol. The van der Waals surface area contributed by atoms with Gasteiger partial charge >= 0.3 is 0 Å². The summed E-state index contributed by atoms with van der Waals surface area (Å²) in [5, 5.41) is 21.2. The van der Waals surface area contributed by atoms with E-state index in [1.807, 2.05) is 12.1 Å². The first-order chi connectivity index (χ1) is 8.79. The van der Waals surface area contributed by atoms with Crippen molar-refractivity contribution < 1.29 is 14.9 Å². The molecule has 0 saturated carbocycles. The standard InChI is InChI=1S/C14H21NO3/c16-9-13(17)10-18-14-3-1-11(2-4-14)12-5-7-15-8-6-12/h1-4,12-13,15-17H,5-10H2. The molecule has 4 heteroatoms. The van der Waals surface area contributed by atoms with Gasteiger partial charge in [-0.05, 0) is 49.5 Å². The number of rotatable bonds is 5. The van der Waals surface area contributed by atoms with Gasteiger partial charge in [0.1, 0.15) is 18.5 Å². The molecule has 3 N–H and O–H groups in total. The highest BCUT2D eigenvalue weighted by atomic mass is 16.5. The predicted molar refractivity (Wildman–Crippen MR) is 69.9 cm³/mol. The quantitative estimate of drug-likeness (QED) is 0.727. The summed E-state index contributed by atoms with van der Waals surface area (Å²) >= 11 is 0. The highest BCUT2D eigenvalue weighted by Gasteiger charge is 2.14.